The van der Waals surface area contributed by atoms with E-state index in [-0.39, 0.29) is 0 Å². The van der Waals surface area contributed by atoms with Crippen molar-refractivity contribution in [3.63, 3.8) is 0 Å². The number of nitrogens with zero attached hydrogens (tertiary/aromatic N) is 1. The molecule has 0 aliphatic carbocycles. The Bertz CT molecular complexity index is 758. The summed E-state index contributed by atoms with van der Waals surface area (Å²) in [6.45, 7) is 5.32. The van der Waals surface area contributed by atoms with Gasteiger partial charge >= 0.3 is 6.09 Å². The van der Waals surface area contributed by atoms with Crippen LogP contribution in [0.3, 0.4) is 0 Å². The Morgan fingerprint density at radius 2 is 1.52 bits per heavy atom. The Labute approximate surface area is 150 Å². The molecular weight excluding hydrogens is 338 g/mol. The summed E-state index contributed by atoms with van der Waals surface area (Å²) in [7, 11) is 0. The van der Waals surface area contributed by atoms with Crippen LogP contribution in [-0.4, -0.2) is 20.2 Å². The van der Waals surface area contributed by atoms with E-state index in [1.165, 1.54) is 4.31 Å². The predicted molar refractivity (Wildman–Crippen MR) is 95.7 cm³/mol. The Morgan fingerprint density at radius 3 is 2.04 bits per heavy atom. The molecule has 1 aliphatic heterocycles. The monoisotopic (exact) mass is 359 g/mol. The van der Waals surface area contributed by atoms with E-state index < -0.39 is 35.1 Å². The van der Waals surface area contributed by atoms with Gasteiger partial charge in [0.05, 0.1) is 0 Å². The Morgan fingerprint density at radius 1 is 1.00 bits per heavy atom. The number of rotatable bonds is 2. The van der Waals surface area contributed by atoms with Gasteiger partial charge in [0.2, 0.25) is 0 Å². The lowest BCUT2D eigenvalue weighted by molar-refractivity contribution is 0.0336. The van der Waals surface area contributed by atoms with Crippen LogP contribution in [0, 0.1) is 0 Å². The molecule has 0 N–H and O–H groups in total. The number of carbonyl (C=O) groups is 1. The van der Waals surface area contributed by atoms with Crippen LogP contribution in [0.5, 0.6) is 0 Å². The summed E-state index contributed by atoms with van der Waals surface area (Å²) in [5, 5.41) is 0. The second-order valence-electron chi connectivity index (χ2n) is 6.81. The minimum atomic E-state index is -1.93. The van der Waals surface area contributed by atoms with Crippen molar-refractivity contribution in [2.75, 3.05) is 0 Å². The minimum absolute atomic E-state index is 0.528. The molecule has 1 aliphatic rings. The molecule has 1 saturated heterocycles. The SMILES string of the molecule is CC(C)(C)OC(=O)N1[C@@H](c2ccccc2)[C@@H](c2ccccc2)OS1=O. The van der Waals surface area contributed by atoms with Gasteiger partial charge in [0.15, 0.2) is 0 Å². The lowest BCUT2D eigenvalue weighted by Gasteiger charge is -2.27. The number of benzene rings is 2. The molecule has 0 spiro atoms. The summed E-state index contributed by atoms with van der Waals surface area (Å²) in [6, 6.07) is 18.4. The van der Waals surface area contributed by atoms with Gasteiger partial charge in [-0.2, -0.15) is 4.31 Å². The molecule has 0 saturated carbocycles. The molecule has 2 aromatic carbocycles. The number of amides is 1. The van der Waals surface area contributed by atoms with Crippen LogP contribution in [0.1, 0.15) is 44.0 Å². The highest BCUT2D eigenvalue weighted by Crippen LogP contribution is 2.44. The van der Waals surface area contributed by atoms with E-state index >= 15 is 0 Å². The number of hydrogen-bond acceptors (Lipinski definition) is 4. The smallest absolute Gasteiger partial charge is 0.424 e. The van der Waals surface area contributed by atoms with E-state index in [1.54, 1.807) is 20.8 Å². The van der Waals surface area contributed by atoms with E-state index in [4.69, 9.17) is 8.92 Å². The van der Waals surface area contributed by atoms with Crippen molar-refractivity contribution in [3.8, 4) is 0 Å². The summed E-state index contributed by atoms with van der Waals surface area (Å²) in [4.78, 5) is 12.7. The first-order chi connectivity index (χ1) is 11.9. The van der Waals surface area contributed by atoms with Gasteiger partial charge in [-0.25, -0.2) is 9.00 Å². The van der Waals surface area contributed by atoms with Gasteiger partial charge in [-0.3, -0.25) is 4.18 Å². The van der Waals surface area contributed by atoms with Crippen LogP contribution in [0.2, 0.25) is 0 Å². The first-order valence-corrected chi connectivity index (χ1v) is 9.11. The normalized spacial score (nSPS) is 23.5. The van der Waals surface area contributed by atoms with Gasteiger partial charge in [-0.05, 0) is 31.9 Å². The second-order valence-corrected chi connectivity index (χ2v) is 7.83. The highest BCUT2D eigenvalue weighted by atomic mass is 32.2. The fourth-order valence-electron chi connectivity index (χ4n) is 2.73. The average Bonchev–Trinajstić information content (AvgIpc) is 2.92. The van der Waals surface area contributed by atoms with Crippen LogP contribution in [-0.2, 0) is 20.2 Å². The molecule has 3 atom stereocenters. The average molecular weight is 359 g/mol. The Hall–Kier alpha value is -2.18. The number of carbonyl (C=O) groups excluding carboxylic acids is 1. The zero-order chi connectivity index (χ0) is 18.0. The standard InChI is InChI=1S/C19H21NO4S/c1-19(2,3)23-18(21)20-16(14-10-6-4-7-11-14)17(24-25(20)22)15-12-8-5-9-13-15/h4-13,16-17H,1-3H3/t16-,17+,25?/m0/s1. The van der Waals surface area contributed by atoms with Crippen molar-refractivity contribution < 1.29 is 17.9 Å². The summed E-state index contributed by atoms with van der Waals surface area (Å²) in [5.74, 6) is 0. The van der Waals surface area contributed by atoms with Gasteiger partial charge in [0, 0.05) is 0 Å². The molecule has 0 radical (unpaired) electrons. The molecule has 3 rings (SSSR count). The predicted octanol–water partition coefficient (Wildman–Crippen LogP) is 4.32. The Kier molecular flexibility index (Phi) is 4.92. The van der Waals surface area contributed by atoms with Crippen molar-refractivity contribution >= 4 is 17.4 Å². The van der Waals surface area contributed by atoms with Crippen molar-refractivity contribution in [1.82, 2.24) is 4.31 Å². The van der Waals surface area contributed by atoms with Crippen LogP contribution < -0.4 is 0 Å². The van der Waals surface area contributed by atoms with Crippen molar-refractivity contribution in [2.45, 2.75) is 38.5 Å². The van der Waals surface area contributed by atoms with E-state index in [0.717, 1.165) is 11.1 Å². The lowest BCUT2D eigenvalue weighted by atomic mass is 9.96. The van der Waals surface area contributed by atoms with E-state index in [9.17, 15) is 9.00 Å². The van der Waals surface area contributed by atoms with Crippen molar-refractivity contribution in [3.05, 3.63) is 71.8 Å². The molecule has 0 aromatic heterocycles. The molecule has 5 nitrogen and oxygen atoms in total. The highest BCUT2D eigenvalue weighted by Gasteiger charge is 2.47. The summed E-state index contributed by atoms with van der Waals surface area (Å²) in [6.07, 6.45) is -1.19. The molecule has 0 bridgehead atoms. The van der Waals surface area contributed by atoms with Gasteiger partial charge in [-0.15, -0.1) is 0 Å². The second kappa shape index (κ2) is 6.98. The quantitative estimate of drug-likeness (QED) is 0.801. The van der Waals surface area contributed by atoms with Crippen molar-refractivity contribution in [1.29, 1.82) is 0 Å². The topological polar surface area (TPSA) is 55.8 Å². The third-order valence-corrected chi connectivity index (χ3v) is 4.80. The molecule has 1 heterocycles. The zero-order valence-electron chi connectivity index (χ0n) is 14.4. The Balaban J connectivity index is 2.01. The maximum absolute atomic E-state index is 12.7. The molecule has 1 unspecified atom stereocenters. The molecule has 2 aromatic rings. The van der Waals surface area contributed by atoms with E-state index in [0.29, 0.717) is 0 Å². The molecule has 132 valence electrons. The minimum Gasteiger partial charge on any atom is -0.443 e. The molecule has 25 heavy (non-hydrogen) atoms. The van der Waals surface area contributed by atoms with Gasteiger partial charge in [-0.1, -0.05) is 60.7 Å². The highest BCUT2D eigenvalue weighted by molar-refractivity contribution is 7.78. The number of hydrogen-bond donors (Lipinski definition) is 0. The molecule has 1 fully saturated rings. The van der Waals surface area contributed by atoms with E-state index in [1.807, 2.05) is 60.7 Å². The maximum Gasteiger partial charge on any atom is 0.424 e. The van der Waals surface area contributed by atoms with Gasteiger partial charge in [0.25, 0.3) is 11.3 Å². The third kappa shape index (κ3) is 3.91. The molecule has 1 amide bonds. The molecular formula is C19H21NO4S. The first kappa shape index (κ1) is 17.6. The van der Waals surface area contributed by atoms with Gasteiger partial charge in [0.1, 0.15) is 17.7 Å². The largest absolute Gasteiger partial charge is 0.443 e. The summed E-state index contributed by atoms with van der Waals surface area (Å²) < 4.78 is 24.9. The summed E-state index contributed by atoms with van der Waals surface area (Å²) >= 11 is -1.93. The zero-order valence-corrected chi connectivity index (χ0v) is 15.2. The third-order valence-electron chi connectivity index (χ3n) is 3.73. The molecule has 6 heteroatoms. The van der Waals surface area contributed by atoms with Crippen LogP contribution in [0.25, 0.3) is 0 Å². The van der Waals surface area contributed by atoms with Crippen LogP contribution in [0.4, 0.5) is 4.79 Å². The first-order valence-electron chi connectivity index (χ1n) is 8.08. The van der Waals surface area contributed by atoms with Gasteiger partial charge < -0.3 is 4.74 Å². The number of ether oxygens (including phenoxy) is 1. The van der Waals surface area contributed by atoms with Crippen LogP contribution in [0.15, 0.2) is 60.7 Å². The maximum atomic E-state index is 12.7. The van der Waals surface area contributed by atoms with E-state index in [2.05, 4.69) is 0 Å². The fraction of sp³-hybridized carbons (Fsp3) is 0.316. The fourth-order valence-corrected chi connectivity index (χ4v) is 3.79. The van der Waals surface area contributed by atoms with Crippen LogP contribution >= 0.6 is 0 Å². The van der Waals surface area contributed by atoms with Crippen molar-refractivity contribution in [2.24, 2.45) is 0 Å². The summed E-state index contributed by atoms with van der Waals surface area (Å²) in [5.41, 5.74) is 1.01. The lowest BCUT2D eigenvalue weighted by Crippen LogP contribution is -2.37.